The molecule has 1 rings (SSSR count). The summed E-state index contributed by atoms with van der Waals surface area (Å²) in [6.07, 6.45) is 4.26. The maximum Gasteiger partial charge on any atom is 0.500 e. The Labute approximate surface area is 168 Å². The lowest BCUT2D eigenvalue weighted by molar-refractivity contribution is -0.131. The summed E-state index contributed by atoms with van der Waals surface area (Å²) in [5, 5.41) is 8.76. The van der Waals surface area contributed by atoms with Crippen LogP contribution >= 0.6 is 0 Å². The number of ether oxygens (including phenoxy) is 2. The Balaban J connectivity index is 2.62. The maximum absolute atomic E-state index is 10.7. The second-order valence-electron chi connectivity index (χ2n) is 5.87. The van der Waals surface area contributed by atoms with Crippen LogP contribution in [0.15, 0.2) is 24.3 Å². The Morgan fingerprint density at radius 2 is 1.68 bits per heavy atom. The SMILES string of the molecule is CCO[Si](CCCCOc1cc(C=CC(=O)O)ccc1OC)(OCC)OCC. The molecule has 0 heterocycles. The number of carboxylic acid groups (broad SMARTS) is 1. The first-order chi connectivity index (χ1) is 13.5. The van der Waals surface area contributed by atoms with Gasteiger partial charge >= 0.3 is 14.8 Å². The molecule has 0 aliphatic rings. The minimum Gasteiger partial charge on any atom is -0.493 e. The van der Waals surface area contributed by atoms with E-state index in [-0.39, 0.29) is 0 Å². The molecule has 0 saturated heterocycles. The van der Waals surface area contributed by atoms with Crippen LogP contribution in [0.5, 0.6) is 11.5 Å². The molecular weight excluding hydrogens is 380 g/mol. The van der Waals surface area contributed by atoms with Gasteiger partial charge in [0.25, 0.3) is 0 Å². The molecule has 0 saturated carbocycles. The van der Waals surface area contributed by atoms with E-state index < -0.39 is 14.8 Å². The molecule has 0 aliphatic carbocycles. The number of methoxy groups -OCH3 is 1. The van der Waals surface area contributed by atoms with Crippen LogP contribution in [0.25, 0.3) is 6.08 Å². The van der Waals surface area contributed by atoms with Crippen LogP contribution in [0.1, 0.15) is 39.2 Å². The van der Waals surface area contributed by atoms with Crippen molar-refractivity contribution < 1.29 is 32.7 Å². The van der Waals surface area contributed by atoms with Gasteiger partial charge in [-0.2, -0.15) is 0 Å². The number of hydrogen-bond donors (Lipinski definition) is 1. The van der Waals surface area contributed by atoms with Crippen molar-refractivity contribution in [3.05, 3.63) is 29.8 Å². The van der Waals surface area contributed by atoms with E-state index in [0.717, 1.165) is 30.5 Å². The first-order valence-electron chi connectivity index (χ1n) is 9.63. The highest BCUT2D eigenvalue weighted by atomic mass is 28.4. The van der Waals surface area contributed by atoms with Gasteiger partial charge < -0.3 is 27.9 Å². The summed E-state index contributed by atoms with van der Waals surface area (Å²) < 4.78 is 28.7. The van der Waals surface area contributed by atoms with Crippen molar-refractivity contribution in [1.82, 2.24) is 0 Å². The Kier molecular flexibility index (Phi) is 11.5. The monoisotopic (exact) mass is 412 g/mol. The van der Waals surface area contributed by atoms with E-state index >= 15 is 0 Å². The quantitative estimate of drug-likeness (QED) is 0.265. The Hall–Kier alpha value is -1.87. The van der Waals surface area contributed by atoms with Crippen LogP contribution in [0.2, 0.25) is 6.04 Å². The van der Waals surface area contributed by atoms with E-state index in [9.17, 15) is 4.79 Å². The molecule has 0 aromatic heterocycles. The van der Waals surface area contributed by atoms with E-state index in [2.05, 4.69) is 0 Å². The van der Waals surface area contributed by atoms with Crippen molar-refractivity contribution in [2.24, 2.45) is 0 Å². The van der Waals surface area contributed by atoms with Crippen LogP contribution < -0.4 is 9.47 Å². The number of hydrogen-bond acceptors (Lipinski definition) is 6. The largest absolute Gasteiger partial charge is 0.500 e. The zero-order chi connectivity index (χ0) is 20.8. The summed E-state index contributed by atoms with van der Waals surface area (Å²) in [6.45, 7) is 8.03. The normalized spacial score (nSPS) is 11.7. The van der Waals surface area contributed by atoms with Crippen LogP contribution in [0, 0.1) is 0 Å². The number of carbonyl (C=O) groups is 1. The van der Waals surface area contributed by atoms with Crippen molar-refractivity contribution in [2.75, 3.05) is 33.5 Å². The Bertz CT molecular complexity index is 602. The summed E-state index contributed by atoms with van der Waals surface area (Å²) in [6, 6.07) is 6.04. The van der Waals surface area contributed by atoms with Crippen molar-refractivity contribution in [3.8, 4) is 11.5 Å². The van der Waals surface area contributed by atoms with Crippen LogP contribution in [0.4, 0.5) is 0 Å². The first-order valence-corrected chi connectivity index (χ1v) is 11.6. The van der Waals surface area contributed by atoms with E-state index in [0.29, 0.717) is 37.9 Å². The van der Waals surface area contributed by atoms with Gasteiger partial charge in [-0.25, -0.2) is 4.79 Å². The standard InChI is InChI=1S/C20H32O7Si/c1-5-25-28(26-6-2,27-7-3)15-9-8-14-24-19-16-17(11-13-20(21)22)10-12-18(19)23-4/h10-13,16H,5-9,14-15H2,1-4H3,(H,21,22). The molecule has 0 spiro atoms. The van der Waals surface area contributed by atoms with Crippen molar-refractivity contribution >= 4 is 20.8 Å². The molecule has 0 bridgehead atoms. The van der Waals surface area contributed by atoms with E-state index in [1.807, 2.05) is 20.8 Å². The lowest BCUT2D eigenvalue weighted by Gasteiger charge is -2.28. The fraction of sp³-hybridized carbons (Fsp3) is 0.550. The predicted molar refractivity (Wildman–Crippen MR) is 110 cm³/mol. The predicted octanol–water partition coefficient (Wildman–Crippen LogP) is 4.00. The number of benzene rings is 1. The molecule has 0 radical (unpaired) electrons. The van der Waals surface area contributed by atoms with Gasteiger partial charge in [0.05, 0.1) is 13.7 Å². The van der Waals surface area contributed by atoms with Crippen LogP contribution in [-0.4, -0.2) is 53.4 Å². The van der Waals surface area contributed by atoms with Crippen LogP contribution in [-0.2, 0) is 18.1 Å². The third-order valence-electron chi connectivity index (χ3n) is 3.83. The number of aliphatic carboxylic acids is 1. The van der Waals surface area contributed by atoms with Crippen molar-refractivity contribution in [1.29, 1.82) is 0 Å². The van der Waals surface area contributed by atoms with E-state index in [4.69, 9.17) is 27.9 Å². The van der Waals surface area contributed by atoms with Crippen molar-refractivity contribution in [2.45, 2.75) is 39.7 Å². The summed E-state index contributed by atoms with van der Waals surface area (Å²) >= 11 is 0. The second-order valence-corrected chi connectivity index (χ2v) is 8.60. The van der Waals surface area contributed by atoms with E-state index in [1.54, 1.807) is 25.3 Å². The molecule has 1 aromatic carbocycles. The minimum absolute atomic E-state index is 0.497. The van der Waals surface area contributed by atoms with Gasteiger partial charge in [-0.1, -0.05) is 6.07 Å². The van der Waals surface area contributed by atoms with Gasteiger partial charge in [0.1, 0.15) is 0 Å². The first kappa shape index (κ1) is 24.2. The number of rotatable bonds is 15. The average molecular weight is 413 g/mol. The number of unbranched alkanes of at least 4 members (excludes halogenated alkanes) is 1. The zero-order valence-corrected chi connectivity index (χ0v) is 18.2. The third kappa shape index (κ3) is 8.43. The van der Waals surface area contributed by atoms with Gasteiger partial charge in [0, 0.05) is 31.9 Å². The molecular formula is C20H32O7Si. The molecule has 28 heavy (non-hydrogen) atoms. The molecule has 0 fully saturated rings. The molecule has 1 N–H and O–H groups in total. The van der Waals surface area contributed by atoms with E-state index in [1.165, 1.54) is 6.08 Å². The Morgan fingerprint density at radius 1 is 1.04 bits per heavy atom. The second kappa shape index (κ2) is 13.3. The van der Waals surface area contributed by atoms with Crippen molar-refractivity contribution in [3.63, 3.8) is 0 Å². The van der Waals surface area contributed by atoms with Crippen LogP contribution in [0.3, 0.4) is 0 Å². The average Bonchev–Trinajstić information content (AvgIpc) is 2.67. The fourth-order valence-corrected chi connectivity index (χ4v) is 5.39. The highest BCUT2D eigenvalue weighted by Crippen LogP contribution is 2.29. The summed E-state index contributed by atoms with van der Waals surface area (Å²) in [5.41, 5.74) is 0.730. The lowest BCUT2D eigenvalue weighted by Crippen LogP contribution is -2.45. The van der Waals surface area contributed by atoms with Gasteiger partial charge in [-0.15, -0.1) is 0 Å². The molecule has 8 heteroatoms. The van der Waals surface area contributed by atoms with Gasteiger partial charge in [0.15, 0.2) is 11.5 Å². The summed E-state index contributed by atoms with van der Waals surface area (Å²) in [7, 11) is -1.05. The zero-order valence-electron chi connectivity index (χ0n) is 17.2. The molecule has 0 amide bonds. The smallest absolute Gasteiger partial charge is 0.493 e. The molecule has 158 valence electrons. The highest BCUT2D eigenvalue weighted by molar-refractivity contribution is 6.60. The van der Waals surface area contributed by atoms with Gasteiger partial charge in [-0.05, 0) is 57.4 Å². The molecule has 1 aromatic rings. The highest BCUT2D eigenvalue weighted by Gasteiger charge is 2.39. The summed E-state index contributed by atoms with van der Waals surface area (Å²) in [4.78, 5) is 10.7. The van der Waals surface area contributed by atoms with Gasteiger partial charge in [-0.3, -0.25) is 0 Å². The molecule has 0 aliphatic heterocycles. The third-order valence-corrected chi connectivity index (χ3v) is 6.99. The van der Waals surface area contributed by atoms with Gasteiger partial charge in [0.2, 0.25) is 0 Å². The minimum atomic E-state index is -2.62. The number of carboxylic acids is 1. The maximum atomic E-state index is 10.7. The molecule has 7 nitrogen and oxygen atoms in total. The lowest BCUT2D eigenvalue weighted by atomic mass is 10.2. The Morgan fingerprint density at radius 3 is 2.21 bits per heavy atom. The fourth-order valence-electron chi connectivity index (χ4n) is 2.70. The topological polar surface area (TPSA) is 83.5 Å². The summed E-state index contributed by atoms with van der Waals surface area (Å²) in [5.74, 6) is 0.191. The molecule has 0 unspecified atom stereocenters. The molecule has 0 atom stereocenters.